The summed E-state index contributed by atoms with van der Waals surface area (Å²) in [5, 5.41) is 12.8. The molecule has 2 nitrogen and oxygen atoms in total. The Labute approximate surface area is 97.7 Å². The Hall–Kier alpha value is -0.860. The zero-order valence-electron chi connectivity index (χ0n) is 10.2. The van der Waals surface area contributed by atoms with Crippen molar-refractivity contribution in [3.8, 4) is 0 Å². The summed E-state index contributed by atoms with van der Waals surface area (Å²) in [4.78, 5) is 0. The van der Waals surface area contributed by atoms with Crippen LogP contribution in [0.15, 0.2) is 18.2 Å². The molecule has 0 amide bonds. The van der Waals surface area contributed by atoms with Crippen LogP contribution in [0.25, 0.3) is 0 Å². The Kier molecular flexibility index (Phi) is 3.62. The summed E-state index contributed by atoms with van der Waals surface area (Å²) in [5.41, 5.74) is 4.35. The van der Waals surface area contributed by atoms with E-state index < -0.39 is 0 Å². The van der Waals surface area contributed by atoms with Crippen LogP contribution < -0.4 is 5.32 Å². The average Bonchev–Trinajstić information content (AvgIpc) is 2.71. The molecule has 1 aromatic rings. The first-order valence-electron chi connectivity index (χ1n) is 6.21. The van der Waals surface area contributed by atoms with Gasteiger partial charge in [0, 0.05) is 12.1 Å². The van der Waals surface area contributed by atoms with E-state index in [1.165, 1.54) is 23.1 Å². The molecule has 16 heavy (non-hydrogen) atoms. The largest absolute Gasteiger partial charge is 0.395 e. The highest BCUT2D eigenvalue weighted by Gasteiger charge is 2.24. The highest BCUT2D eigenvalue weighted by Crippen LogP contribution is 2.33. The Balaban J connectivity index is 2.14. The van der Waals surface area contributed by atoms with Gasteiger partial charge in [0.25, 0.3) is 0 Å². The van der Waals surface area contributed by atoms with Crippen molar-refractivity contribution in [2.24, 2.45) is 0 Å². The maximum atomic E-state index is 9.23. The van der Waals surface area contributed by atoms with E-state index in [-0.39, 0.29) is 12.6 Å². The maximum Gasteiger partial charge on any atom is 0.0584 e. The summed E-state index contributed by atoms with van der Waals surface area (Å²) in [6.07, 6.45) is 3.31. The summed E-state index contributed by atoms with van der Waals surface area (Å²) in [7, 11) is 0. The molecule has 0 heterocycles. The fourth-order valence-electron chi connectivity index (χ4n) is 2.59. The van der Waals surface area contributed by atoms with E-state index in [9.17, 15) is 5.11 Å². The molecule has 2 atom stereocenters. The first kappa shape index (κ1) is 11.6. The molecular weight excluding hydrogens is 198 g/mol. The van der Waals surface area contributed by atoms with Crippen LogP contribution in [0, 0.1) is 6.92 Å². The van der Waals surface area contributed by atoms with E-state index in [1.807, 2.05) is 0 Å². The van der Waals surface area contributed by atoms with E-state index in [4.69, 9.17) is 0 Å². The monoisotopic (exact) mass is 219 g/mol. The summed E-state index contributed by atoms with van der Waals surface area (Å²) in [6.45, 7) is 4.53. The number of aliphatic hydroxyl groups is 1. The lowest BCUT2D eigenvalue weighted by atomic mass is 10.0. The molecule has 0 bridgehead atoms. The third kappa shape index (κ3) is 2.13. The summed E-state index contributed by atoms with van der Waals surface area (Å²) in [5.74, 6) is 0. The van der Waals surface area contributed by atoms with Gasteiger partial charge in [0.05, 0.1) is 6.61 Å². The van der Waals surface area contributed by atoms with E-state index in [1.54, 1.807) is 0 Å². The molecule has 88 valence electrons. The third-order valence-corrected chi connectivity index (χ3v) is 3.65. The number of fused-ring (bicyclic) bond motifs is 1. The van der Waals surface area contributed by atoms with E-state index in [2.05, 4.69) is 37.4 Å². The molecule has 1 aliphatic carbocycles. The predicted octanol–water partition coefficient (Wildman–Crippen LogP) is 2.34. The van der Waals surface area contributed by atoms with Crippen molar-refractivity contribution in [1.29, 1.82) is 0 Å². The molecule has 0 saturated heterocycles. The number of hydrogen-bond acceptors (Lipinski definition) is 2. The Morgan fingerprint density at radius 3 is 3.00 bits per heavy atom. The number of hydrogen-bond donors (Lipinski definition) is 2. The SMILES string of the molecule is CC[C@H](CO)NC1CCc2c(C)cccc21. The van der Waals surface area contributed by atoms with Crippen LogP contribution in [0.1, 0.15) is 42.5 Å². The molecular formula is C14H21NO. The molecule has 0 saturated carbocycles. The van der Waals surface area contributed by atoms with Gasteiger partial charge in [0.15, 0.2) is 0 Å². The summed E-state index contributed by atoms with van der Waals surface area (Å²) in [6, 6.07) is 7.21. The van der Waals surface area contributed by atoms with Crippen LogP contribution in [0.5, 0.6) is 0 Å². The zero-order chi connectivity index (χ0) is 11.5. The molecule has 2 heteroatoms. The minimum absolute atomic E-state index is 0.230. The fourth-order valence-corrected chi connectivity index (χ4v) is 2.59. The van der Waals surface area contributed by atoms with Crippen molar-refractivity contribution in [2.45, 2.75) is 45.2 Å². The number of nitrogens with one attached hydrogen (secondary N) is 1. The summed E-state index contributed by atoms with van der Waals surface area (Å²) < 4.78 is 0. The molecule has 1 aliphatic rings. The van der Waals surface area contributed by atoms with Crippen LogP contribution in [0.3, 0.4) is 0 Å². The fraction of sp³-hybridized carbons (Fsp3) is 0.571. The molecule has 0 spiro atoms. The van der Waals surface area contributed by atoms with Gasteiger partial charge in [-0.25, -0.2) is 0 Å². The second kappa shape index (κ2) is 4.98. The average molecular weight is 219 g/mol. The Bertz CT molecular complexity index is 358. The molecule has 2 rings (SSSR count). The molecule has 0 aliphatic heterocycles. The van der Waals surface area contributed by atoms with Crippen LogP contribution in [-0.4, -0.2) is 17.8 Å². The number of aliphatic hydroxyl groups excluding tert-OH is 1. The molecule has 0 fully saturated rings. The van der Waals surface area contributed by atoms with Crippen molar-refractivity contribution in [1.82, 2.24) is 5.32 Å². The Morgan fingerprint density at radius 1 is 1.50 bits per heavy atom. The Morgan fingerprint density at radius 2 is 2.31 bits per heavy atom. The molecule has 0 radical (unpaired) electrons. The van der Waals surface area contributed by atoms with Gasteiger partial charge in [-0.15, -0.1) is 0 Å². The highest BCUT2D eigenvalue weighted by atomic mass is 16.3. The lowest BCUT2D eigenvalue weighted by molar-refractivity contribution is 0.227. The van der Waals surface area contributed by atoms with E-state index in [0.717, 1.165) is 12.8 Å². The lowest BCUT2D eigenvalue weighted by Crippen LogP contribution is -2.34. The van der Waals surface area contributed by atoms with Crippen LogP contribution >= 0.6 is 0 Å². The van der Waals surface area contributed by atoms with Gasteiger partial charge in [-0.3, -0.25) is 0 Å². The van der Waals surface area contributed by atoms with Crippen molar-refractivity contribution < 1.29 is 5.11 Å². The van der Waals surface area contributed by atoms with Gasteiger partial charge in [-0.2, -0.15) is 0 Å². The first-order valence-corrected chi connectivity index (χ1v) is 6.21. The van der Waals surface area contributed by atoms with Crippen molar-refractivity contribution in [3.05, 3.63) is 34.9 Å². The zero-order valence-corrected chi connectivity index (χ0v) is 10.2. The second-order valence-corrected chi connectivity index (χ2v) is 4.69. The van der Waals surface area contributed by atoms with Crippen LogP contribution in [0.2, 0.25) is 0 Å². The van der Waals surface area contributed by atoms with Crippen molar-refractivity contribution >= 4 is 0 Å². The maximum absolute atomic E-state index is 9.23. The van der Waals surface area contributed by atoms with Gasteiger partial charge in [-0.05, 0) is 42.9 Å². The normalized spacial score (nSPS) is 20.8. The first-order chi connectivity index (χ1) is 7.76. The van der Waals surface area contributed by atoms with Gasteiger partial charge in [0.1, 0.15) is 0 Å². The topological polar surface area (TPSA) is 32.3 Å². The molecule has 0 aromatic heterocycles. The van der Waals surface area contributed by atoms with Crippen LogP contribution in [-0.2, 0) is 6.42 Å². The quantitative estimate of drug-likeness (QED) is 0.814. The predicted molar refractivity (Wildman–Crippen MR) is 66.5 cm³/mol. The minimum atomic E-state index is 0.230. The number of rotatable bonds is 4. The van der Waals surface area contributed by atoms with Gasteiger partial charge in [-0.1, -0.05) is 25.1 Å². The van der Waals surface area contributed by atoms with E-state index >= 15 is 0 Å². The van der Waals surface area contributed by atoms with Crippen LogP contribution in [0.4, 0.5) is 0 Å². The number of aryl methyl sites for hydroxylation is 1. The molecule has 1 unspecified atom stereocenters. The van der Waals surface area contributed by atoms with Gasteiger partial charge >= 0.3 is 0 Å². The molecule has 1 aromatic carbocycles. The summed E-state index contributed by atoms with van der Waals surface area (Å²) >= 11 is 0. The standard InChI is InChI=1S/C14H21NO/c1-3-11(9-16)15-14-8-7-12-10(2)5-4-6-13(12)14/h4-6,11,14-16H,3,7-9H2,1-2H3/t11-,14?/m1/s1. The van der Waals surface area contributed by atoms with Gasteiger partial charge < -0.3 is 10.4 Å². The lowest BCUT2D eigenvalue weighted by Gasteiger charge is -2.21. The highest BCUT2D eigenvalue weighted by molar-refractivity contribution is 5.40. The third-order valence-electron chi connectivity index (χ3n) is 3.65. The van der Waals surface area contributed by atoms with Gasteiger partial charge in [0.2, 0.25) is 0 Å². The van der Waals surface area contributed by atoms with Crippen molar-refractivity contribution in [2.75, 3.05) is 6.61 Å². The molecule has 2 N–H and O–H groups in total. The minimum Gasteiger partial charge on any atom is -0.395 e. The number of benzene rings is 1. The van der Waals surface area contributed by atoms with E-state index in [0.29, 0.717) is 6.04 Å². The smallest absolute Gasteiger partial charge is 0.0584 e. The van der Waals surface area contributed by atoms with Crippen molar-refractivity contribution in [3.63, 3.8) is 0 Å². The second-order valence-electron chi connectivity index (χ2n) is 4.69.